The average Bonchev–Trinajstić information content (AvgIpc) is 3.01. The normalized spacial score (nSPS) is 11.1. The zero-order chi connectivity index (χ0) is 20.1. The van der Waals surface area contributed by atoms with Crippen LogP contribution in [0, 0.1) is 11.3 Å². The molecule has 0 aliphatic carbocycles. The number of nitrogens with one attached hydrogen (secondary N) is 1. The highest BCUT2D eigenvalue weighted by Gasteiger charge is 2.16. The van der Waals surface area contributed by atoms with Crippen LogP contribution in [0.15, 0.2) is 59.5 Å². The van der Waals surface area contributed by atoms with Gasteiger partial charge in [0.25, 0.3) is 0 Å². The number of nitrogens with two attached hydrogens (primary N) is 1. The fraction of sp³-hybridized carbons (Fsp3) is 0.200. The van der Waals surface area contributed by atoms with E-state index < -0.39 is 9.84 Å². The van der Waals surface area contributed by atoms with Gasteiger partial charge in [0.05, 0.1) is 22.0 Å². The van der Waals surface area contributed by atoms with Crippen LogP contribution in [-0.4, -0.2) is 31.0 Å². The first-order valence-corrected chi connectivity index (χ1v) is 10.7. The van der Waals surface area contributed by atoms with Crippen molar-refractivity contribution in [1.29, 1.82) is 5.26 Å². The largest absolute Gasteiger partial charge is 0.384 e. The van der Waals surface area contributed by atoms with Crippen molar-refractivity contribution in [1.82, 2.24) is 9.78 Å². The Kier molecular flexibility index (Phi) is 5.66. The highest BCUT2D eigenvalue weighted by Crippen LogP contribution is 2.23. The molecule has 1 aromatic heterocycles. The summed E-state index contributed by atoms with van der Waals surface area (Å²) in [4.78, 5) is 0.269. The Morgan fingerprint density at radius 1 is 1.14 bits per heavy atom. The molecule has 7 nitrogen and oxygen atoms in total. The number of nitrogens with zero attached hydrogens (tertiary/aromatic N) is 3. The molecule has 0 saturated heterocycles. The first-order valence-electron chi connectivity index (χ1n) is 8.77. The maximum atomic E-state index is 11.9. The summed E-state index contributed by atoms with van der Waals surface area (Å²) in [6, 6.07) is 18.3. The monoisotopic (exact) mass is 395 g/mol. The third kappa shape index (κ3) is 4.15. The van der Waals surface area contributed by atoms with Crippen molar-refractivity contribution in [2.45, 2.75) is 17.7 Å². The lowest BCUT2D eigenvalue weighted by molar-refractivity contribution is 0.602. The summed E-state index contributed by atoms with van der Waals surface area (Å²) in [5, 5.41) is 17.1. The molecule has 8 heteroatoms. The molecular weight excluding hydrogens is 374 g/mol. The first-order chi connectivity index (χ1) is 13.4. The zero-order valence-corrected chi connectivity index (χ0v) is 16.3. The quantitative estimate of drug-likeness (QED) is 0.595. The number of hydrogen-bond donors (Lipinski definition) is 2. The fourth-order valence-electron chi connectivity index (χ4n) is 2.96. The molecule has 28 heavy (non-hydrogen) atoms. The van der Waals surface area contributed by atoms with Crippen molar-refractivity contribution < 1.29 is 8.42 Å². The highest BCUT2D eigenvalue weighted by atomic mass is 32.2. The second-order valence-corrected chi connectivity index (χ2v) is 8.35. The molecule has 3 rings (SSSR count). The number of aryl methyl sites for hydroxylation is 1. The predicted octanol–water partition coefficient (Wildman–Crippen LogP) is 2.77. The van der Waals surface area contributed by atoms with Gasteiger partial charge >= 0.3 is 0 Å². The predicted molar refractivity (Wildman–Crippen MR) is 109 cm³/mol. The number of benzene rings is 2. The minimum absolute atomic E-state index is 0.269. The Morgan fingerprint density at radius 3 is 2.50 bits per heavy atom. The number of para-hydroxylation sites is 2. The number of nitriles is 1. The summed E-state index contributed by atoms with van der Waals surface area (Å²) < 4.78 is 25.3. The summed E-state index contributed by atoms with van der Waals surface area (Å²) in [5.74, 6) is 0.319. The van der Waals surface area contributed by atoms with E-state index in [0.717, 1.165) is 5.69 Å². The van der Waals surface area contributed by atoms with Gasteiger partial charge in [0.1, 0.15) is 17.5 Å². The molecule has 2 aromatic carbocycles. The van der Waals surface area contributed by atoms with Crippen LogP contribution in [-0.2, 0) is 16.3 Å². The SMILES string of the molecule is CS(=O)(=O)c1ccccc1NCCCc1nn(-c2ccccc2)c(N)c1C#N. The van der Waals surface area contributed by atoms with Gasteiger partial charge in [0.2, 0.25) is 0 Å². The lowest BCUT2D eigenvalue weighted by atomic mass is 10.1. The topological polar surface area (TPSA) is 114 Å². The van der Waals surface area contributed by atoms with Crippen LogP contribution < -0.4 is 11.1 Å². The zero-order valence-electron chi connectivity index (χ0n) is 15.5. The van der Waals surface area contributed by atoms with E-state index in [9.17, 15) is 13.7 Å². The maximum Gasteiger partial charge on any atom is 0.177 e. The number of nitrogen functional groups attached to an aromatic ring is 1. The molecule has 0 bridgehead atoms. The van der Waals surface area contributed by atoms with Crippen molar-refractivity contribution in [2.24, 2.45) is 0 Å². The number of sulfone groups is 1. The lowest BCUT2D eigenvalue weighted by Gasteiger charge is -2.10. The van der Waals surface area contributed by atoms with Gasteiger partial charge in [-0.05, 0) is 37.1 Å². The molecule has 0 atom stereocenters. The molecule has 144 valence electrons. The average molecular weight is 395 g/mol. The fourth-order valence-corrected chi connectivity index (χ4v) is 3.82. The Balaban J connectivity index is 1.71. The Labute approximate surface area is 164 Å². The van der Waals surface area contributed by atoms with E-state index in [2.05, 4.69) is 16.5 Å². The molecule has 0 amide bonds. The van der Waals surface area contributed by atoms with Crippen LogP contribution in [0.25, 0.3) is 5.69 Å². The Bertz CT molecular complexity index is 1120. The van der Waals surface area contributed by atoms with Crippen molar-refractivity contribution in [2.75, 3.05) is 23.9 Å². The van der Waals surface area contributed by atoms with Gasteiger partial charge in [-0.3, -0.25) is 0 Å². The molecular formula is C20H21N5O2S. The number of anilines is 2. The molecule has 0 radical (unpaired) electrons. The van der Waals surface area contributed by atoms with Crippen LogP contribution in [0.5, 0.6) is 0 Å². The molecule has 3 N–H and O–H groups in total. The van der Waals surface area contributed by atoms with Crippen LogP contribution in [0.2, 0.25) is 0 Å². The van der Waals surface area contributed by atoms with Crippen LogP contribution in [0.4, 0.5) is 11.5 Å². The van der Waals surface area contributed by atoms with Crippen LogP contribution >= 0.6 is 0 Å². The Hall–Kier alpha value is -3.31. The second kappa shape index (κ2) is 8.15. The van der Waals surface area contributed by atoms with Gasteiger partial charge in [-0.15, -0.1) is 0 Å². The molecule has 0 spiro atoms. The van der Waals surface area contributed by atoms with Crippen molar-refractivity contribution in [3.8, 4) is 11.8 Å². The molecule has 0 aliphatic rings. The van der Waals surface area contributed by atoms with Gasteiger partial charge in [-0.25, -0.2) is 13.1 Å². The third-order valence-electron chi connectivity index (χ3n) is 4.30. The van der Waals surface area contributed by atoms with Crippen molar-refractivity contribution in [3.05, 3.63) is 65.9 Å². The van der Waals surface area contributed by atoms with E-state index in [-0.39, 0.29) is 4.90 Å². The first kappa shape index (κ1) is 19.5. The summed E-state index contributed by atoms with van der Waals surface area (Å²) in [6.07, 6.45) is 2.39. The maximum absolute atomic E-state index is 11.9. The summed E-state index contributed by atoms with van der Waals surface area (Å²) in [7, 11) is -3.30. The third-order valence-corrected chi connectivity index (χ3v) is 5.45. The minimum atomic E-state index is -3.30. The molecule has 0 fully saturated rings. The van der Waals surface area contributed by atoms with Crippen LogP contribution in [0.1, 0.15) is 17.7 Å². The molecule has 0 unspecified atom stereocenters. The van der Waals surface area contributed by atoms with Gasteiger partial charge in [-0.1, -0.05) is 30.3 Å². The standard InChI is InChI=1S/C20H21N5O2S/c1-28(26,27)19-12-6-5-10-18(19)23-13-7-11-17-16(14-21)20(22)25(24-17)15-8-3-2-4-9-15/h2-6,8-10,12,23H,7,11,13,22H2,1H3. The van der Waals surface area contributed by atoms with E-state index in [0.29, 0.717) is 42.1 Å². The van der Waals surface area contributed by atoms with Gasteiger partial charge in [0.15, 0.2) is 9.84 Å². The number of aromatic nitrogens is 2. The summed E-state index contributed by atoms with van der Waals surface area (Å²) in [5.41, 5.74) is 8.47. The minimum Gasteiger partial charge on any atom is -0.384 e. The van der Waals surface area contributed by atoms with Crippen molar-refractivity contribution in [3.63, 3.8) is 0 Å². The Morgan fingerprint density at radius 2 is 1.82 bits per heavy atom. The van der Waals surface area contributed by atoms with Crippen molar-refractivity contribution >= 4 is 21.3 Å². The molecule has 0 saturated carbocycles. The summed E-state index contributed by atoms with van der Waals surface area (Å²) >= 11 is 0. The van der Waals surface area contributed by atoms with E-state index in [1.807, 2.05) is 30.3 Å². The molecule has 3 aromatic rings. The van der Waals surface area contributed by atoms with Gasteiger partial charge in [0, 0.05) is 12.8 Å². The van der Waals surface area contributed by atoms with Gasteiger partial charge < -0.3 is 11.1 Å². The van der Waals surface area contributed by atoms with E-state index in [1.54, 1.807) is 28.9 Å². The summed E-state index contributed by atoms with van der Waals surface area (Å²) in [6.45, 7) is 0.537. The smallest absolute Gasteiger partial charge is 0.177 e. The van der Waals surface area contributed by atoms with Gasteiger partial charge in [-0.2, -0.15) is 10.4 Å². The van der Waals surface area contributed by atoms with E-state index in [1.165, 1.54) is 6.26 Å². The second-order valence-electron chi connectivity index (χ2n) is 6.36. The van der Waals surface area contributed by atoms with E-state index in [4.69, 9.17) is 5.73 Å². The number of rotatable bonds is 7. The molecule has 1 heterocycles. The highest BCUT2D eigenvalue weighted by molar-refractivity contribution is 7.90. The lowest BCUT2D eigenvalue weighted by Crippen LogP contribution is -2.08. The van der Waals surface area contributed by atoms with E-state index >= 15 is 0 Å². The van der Waals surface area contributed by atoms with Crippen LogP contribution in [0.3, 0.4) is 0 Å². The molecule has 0 aliphatic heterocycles. The number of hydrogen-bond acceptors (Lipinski definition) is 6.